The van der Waals surface area contributed by atoms with Crippen molar-refractivity contribution in [1.82, 2.24) is 0 Å². The van der Waals surface area contributed by atoms with E-state index in [1.807, 2.05) is 12.1 Å². The lowest BCUT2D eigenvalue weighted by molar-refractivity contribution is -0.104. The van der Waals surface area contributed by atoms with Gasteiger partial charge < -0.3 is 9.47 Å². The minimum Gasteiger partial charge on any atom is -0.497 e. The van der Waals surface area contributed by atoms with Crippen molar-refractivity contribution in [1.29, 1.82) is 0 Å². The summed E-state index contributed by atoms with van der Waals surface area (Å²) in [5.41, 5.74) is 0.848. The average molecular weight is 192 g/mol. The fraction of sp³-hybridized carbons (Fsp3) is 0.182. The zero-order chi connectivity index (χ0) is 10.4. The zero-order valence-electron chi connectivity index (χ0n) is 8.19. The Balaban J connectivity index is 3.04. The topological polar surface area (TPSA) is 35.5 Å². The van der Waals surface area contributed by atoms with E-state index >= 15 is 0 Å². The van der Waals surface area contributed by atoms with E-state index < -0.39 is 0 Å². The Labute approximate surface area is 83.0 Å². The molecule has 14 heavy (non-hydrogen) atoms. The molecule has 1 aromatic rings. The molecule has 0 saturated carbocycles. The molecule has 3 nitrogen and oxygen atoms in total. The lowest BCUT2D eigenvalue weighted by Gasteiger charge is -2.06. The second-order valence-electron chi connectivity index (χ2n) is 2.60. The van der Waals surface area contributed by atoms with E-state index in [-0.39, 0.29) is 0 Å². The fourth-order valence-corrected chi connectivity index (χ4v) is 1.10. The number of rotatable bonds is 4. The highest BCUT2D eigenvalue weighted by molar-refractivity contribution is 5.75. The third-order valence-electron chi connectivity index (χ3n) is 1.79. The molecule has 0 aromatic heterocycles. The number of carbonyl (C=O) groups is 1. The Bertz CT molecular complexity index is 342. The molecular weight excluding hydrogens is 180 g/mol. The number of hydrogen-bond donors (Lipinski definition) is 0. The molecule has 0 aliphatic carbocycles. The van der Waals surface area contributed by atoms with E-state index in [0.717, 1.165) is 17.6 Å². The van der Waals surface area contributed by atoms with Gasteiger partial charge in [-0.15, -0.1) is 0 Å². The van der Waals surface area contributed by atoms with Gasteiger partial charge in [0.2, 0.25) is 0 Å². The molecule has 0 aliphatic rings. The molecule has 0 bridgehead atoms. The Hall–Kier alpha value is -1.77. The Morgan fingerprint density at radius 3 is 2.57 bits per heavy atom. The highest BCUT2D eigenvalue weighted by atomic mass is 16.5. The number of methoxy groups -OCH3 is 2. The Morgan fingerprint density at radius 1 is 1.21 bits per heavy atom. The molecule has 0 aliphatic heterocycles. The number of aldehydes is 1. The van der Waals surface area contributed by atoms with Gasteiger partial charge >= 0.3 is 0 Å². The number of ether oxygens (including phenoxy) is 2. The third kappa shape index (κ3) is 2.36. The van der Waals surface area contributed by atoms with Crippen molar-refractivity contribution < 1.29 is 14.3 Å². The molecule has 0 unspecified atom stereocenters. The third-order valence-corrected chi connectivity index (χ3v) is 1.79. The van der Waals surface area contributed by atoms with Crippen LogP contribution in [-0.4, -0.2) is 20.5 Å². The van der Waals surface area contributed by atoms with Crippen LogP contribution in [0.5, 0.6) is 11.5 Å². The number of benzene rings is 1. The van der Waals surface area contributed by atoms with Gasteiger partial charge in [-0.2, -0.15) is 0 Å². The SMILES string of the molecule is COc1ccc(/C=C/C=O)c(OC)c1. The summed E-state index contributed by atoms with van der Waals surface area (Å²) in [5, 5.41) is 0. The van der Waals surface area contributed by atoms with Crippen molar-refractivity contribution in [3.8, 4) is 11.5 Å². The van der Waals surface area contributed by atoms with Crippen LogP contribution in [0.2, 0.25) is 0 Å². The minimum absolute atomic E-state index is 0.683. The van der Waals surface area contributed by atoms with E-state index in [0.29, 0.717) is 5.75 Å². The summed E-state index contributed by atoms with van der Waals surface area (Å²) in [7, 11) is 3.17. The summed E-state index contributed by atoms with van der Waals surface area (Å²) in [4.78, 5) is 10.1. The predicted molar refractivity (Wildman–Crippen MR) is 54.6 cm³/mol. The van der Waals surface area contributed by atoms with Crippen LogP contribution in [-0.2, 0) is 4.79 Å². The summed E-state index contributed by atoms with van der Waals surface area (Å²) in [6, 6.07) is 5.41. The molecule has 0 heterocycles. The van der Waals surface area contributed by atoms with Gasteiger partial charge in [0.05, 0.1) is 14.2 Å². The zero-order valence-corrected chi connectivity index (χ0v) is 8.19. The smallest absolute Gasteiger partial charge is 0.142 e. The molecule has 0 atom stereocenters. The lowest BCUT2D eigenvalue weighted by Crippen LogP contribution is -1.89. The molecule has 0 spiro atoms. The second-order valence-corrected chi connectivity index (χ2v) is 2.60. The highest BCUT2D eigenvalue weighted by Gasteiger charge is 2.00. The van der Waals surface area contributed by atoms with Crippen LogP contribution in [0.4, 0.5) is 0 Å². The summed E-state index contributed by atoms with van der Waals surface area (Å²) in [5.74, 6) is 1.41. The first-order valence-corrected chi connectivity index (χ1v) is 4.15. The molecule has 0 radical (unpaired) electrons. The fourth-order valence-electron chi connectivity index (χ4n) is 1.10. The van der Waals surface area contributed by atoms with Gasteiger partial charge in [0.25, 0.3) is 0 Å². The normalized spacial score (nSPS) is 10.1. The van der Waals surface area contributed by atoms with Crippen molar-refractivity contribution in [2.75, 3.05) is 14.2 Å². The van der Waals surface area contributed by atoms with Gasteiger partial charge in [-0.1, -0.05) is 0 Å². The van der Waals surface area contributed by atoms with E-state index in [1.54, 1.807) is 26.4 Å². The Morgan fingerprint density at radius 2 is 2.00 bits per heavy atom. The molecule has 0 saturated heterocycles. The maximum atomic E-state index is 10.1. The van der Waals surface area contributed by atoms with Gasteiger partial charge in [-0.05, 0) is 24.3 Å². The first-order valence-electron chi connectivity index (χ1n) is 4.15. The largest absolute Gasteiger partial charge is 0.497 e. The van der Waals surface area contributed by atoms with Crippen LogP contribution in [0.1, 0.15) is 5.56 Å². The standard InChI is InChI=1S/C11H12O3/c1-13-10-6-5-9(4-3-7-12)11(8-10)14-2/h3-8H,1-2H3/b4-3+. The number of allylic oxidation sites excluding steroid dienone is 1. The minimum atomic E-state index is 0.683. The molecule has 0 amide bonds. The maximum absolute atomic E-state index is 10.1. The van der Waals surface area contributed by atoms with Gasteiger partial charge in [0, 0.05) is 11.6 Å². The van der Waals surface area contributed by atoms with Crippen molar-refractivity contribution in [2.24, 2.45) is 0 Å². The molecular formula is C11H12O3. The molecule has 1 rings (SSSR count). The first-order chi connectivity index (χ1) is 6.81. The summed E-state index contributed by atoms with van der Waals surface area (Å²) < 4.78 is 10.2. The molecule has 0 N–H and O–H groups in total. The Kier molecular flexibility index (Phi) is 3.73. The predicted octanol–water partition coefficient (Wildman–Crippen LogP) is 1.92. The quantitative estimate of drug-likeness (QED) is 0.540. The van der Waals surface area contributed by atoms with Crippen molar-refractivity contribution >= 4 is 12.4 Å². The highest BCUT2D eigenvalue weighted by Crippen LogP contribution is 2.25. The van der Waals surface area contributed by atoms with E-state index in [9.17, 15) is 4.79 Å². The van der Waals surface area contributed by atoms with Crippen LogP contribution >= 0.6 is 0 Å². The van der Waals surface area contributed by atoms with Gasteiger partial charge in [-0.25, -0.2) is 0 Å². The average Bonchev–Trinajstić information content (AvgIpc) is 2.26. The maximum Gasteiger partial charge on any atom is 0.142 e. The van der Waals surface area contributed by atoms with Gasteiger partial charge in [-0.3, -0.25) is 4.79 Å². The van der Waals surface area contributed by atoms with E-state index in [4.69, 9.17) is 9.47 Å². The van der Waals surface area contributed by atoms with Crippen LogP contribution in [0.3, 0.4) is 0 Å². The molecule has 0 fully saturated rings. The van der Waals surface area contributed by atoms with Crippen molar-refractivity contribution in [2.45, 2.75) is 0 Å². The van der Waals surface area contributed by atoms with E-state index in [2.05, 4.69) is 0 Å². The molecule has 74 valence electrons. The van der Waals surface area contributed by atoms with Crippen LogP contribution in [0, 0.1) is 0 Å². The van der Waals surface area contributed by atoms with Crippen molar-refractivity contribution in [3.63, 3.8) is 0 Å². The summed E-state index contributed by atoms with van der Waals surface area (Å²) in [6.45, 7) is 0. The molecule has 1 aromatic carbocycles. The van der Waals surface area contributed by atoms with Gasteiger partial charge in [0.15, 0.2) is 0 Å². The first kappa shape index (κ1) is 10.3. The monoisotopic (exact) mass is 192 g/mol. The second kappa shape index (κ2) is 5.07. The van der Waals surface area contributed by atoms with Crippen LogP contribution in [0.25, 0.3) is 6.08 Å². The van der Waals surface area contributed by atoms with E-state index in [1.165, 1.54) is 6.08 Å². The molecule has 3 heteroatoms. The van der Waals surface area contributed by atoms with Crippen molar-refractivity contribution in [3.05, 3.63) is 29.8 Å². The number of hydrogen-bond acceptors (Lipinski definition) is 3. The number of carbonyl (C=O) groups excluding carboxylic acids is 1. The van der Waals surface area contributed by atoms with Crippen LogP contribution < -0.4 is 9.47 Å². The van der Waals surface area contributed by atoms with Crippen LogP contribution in [0.15, 0.2) is 24.3 Å². The lowest BCUT2D eigenvalue weighted by atomic mass is 10.2. The summed E-state index contributed by atoms with van der Waals surface area (Å²) in [6.07, 6.45) is 3.83. The van der Waals surface area contributed by atoms with Gasteiger partial charge in [0.1, 0.15) is 17.8 Å². The summed E-state index contributed by atoms with van der Waals surface area (Å²) >= 11 is 0.